The van der Waals surface area contributed by atoms with Crippen LogP contribution in [0.4, 0.5) is 4.79 Å². The van der Waals surface area contributed by atoms with Crippen LogP contribution in [0.1, 0.15) is 60.3 Å². The molecular formula is C15H29NO3. The highest BCUT2D eigenvalue weighted by Crippen LogP contribution is 2.36. The SMILES string of the molecule is CC1(C)C[C@H](CCCCO)N(C(=O)OC(C)(C)C)C1. The Labute approximate surface area is 117 Å². The zero-order valence-corrected chi connectivity index (χ0v) is 13.0. The Kier molecular flexibility index (Phi) is 5.25. The van der Waals surface area contributed by atoms with Crippen molar-refractivity contribution in [3.05, 3.63) is 0 Å². The maximum Gasteiger partial charge on any atom is 0.410 e. The summed E-state index contributed by atoms with van der Waals surface area (Å²) in [6.45, 7) is 11.0. The molecular weight excluding hydrogens is 242 g/mol. The van der Waals surface area contributed by atoms with Crippen LogP contribution in [-0.4, -0.2) is 40.9 Å². The van der Waals surface area contributed by atoms with Crippen LogP contribution in [0.15, 0.2) is 0 Å². The Morgan fingerprint density at radius 3 is 2.53 bits per heavy atom. The number of carbonyl (C=O) groups is 1. The number of carbonyl (C=O) groups excluding carboxylic acids is 1. The highest BCUT2D eigenvalue weighted by Gasteiger charge is 2.41. The molecule has 1 N–H and O–H groups in total. The monoisotopic (exact) mass is 271 g/mol. The normalized spacial score (nSPS) is 22.6. The Morgan fingerprint density at radius 2 is 2.00 bits per heavy atom. The molecule has 4 nitrogen and oxygen atoms in total. The second kappa shape index (κ2) is 6.12. The third-order valence-corrected chi connectivity index (χ3v) is 3.40. The van der Waals surface area contributed by atoms with Gasteiger partial charge in [0.15, 0.2) is 0 Å². The van der Waals surface area contributed by atoms with Crippen molar-refractivity contribution in [2.24, 2.45) is 5.41 Å². The van der Waals surface area contributed by atoms with Gasteiger partial charge in [0, 0.05) is 19.2 Å². The number of nitrogens with zero attached hydrogens (tertiary/aromatic N) is 1. The molecule has 0 aromatic heterocycles. The lowest BCUT2D eigenvalue weighted by molar-refractivity contribution is 0.0206. The third kappa shape index (κ3) is 5.39. The third-order valence-electron chi connectivity index (χ3n) is 3.40. The summed E-state index contributed by atoms with van der Waals surface area (Å²) in [5.74, 6) is 0. The van der Waals surface area contributed by atoms with Crippen LogP contribution in [0, 0.1) is 5.41 Å². The quantitative estimate of drug-likeness (QED) is 0.799. The number of ether oxygens (including phenoxy) is 1. The van der Waals surface area contributed by atoms with E-state index in [0.717, 1.165) is 32.2 Å². The van der Waals surface area contributed by atoms with Gasteiger partial charge >= 0.3 is 6.09 Å². The van der Waals surface area contributed by atoms with Crippen LogP contribution in [-0.2, 0) is 4.74 Å². The van der Waals surface area contributed by atoms with Crippen LogP contribution in [0.5, 0.6) is 0 Å². The summed E-state index contributed by atoms with van der Waals surface area (Å²) >= 11 is 0. The van der Waals surface area contributed by atoms with Crippen LogP contribution in [0.25, 0.3) is 0 Å². The van der Waals surface area contributed by atoms with Gasteiger partial charge in [0.1, 0.15) is 5.60 Å². The average Bonchev–Trinajstić information content (AvgIpc) is 2.52. The summed E-state index contributed by atoms with van der Waals surface area (Å²) in [5.41, 5.74) is -0.291. The van der Waals surface area contributed by atoms with Crippen molar-refractivity contribution in [3.63, 3.8) is 0 Å². The van der Waals surface area contributed by atoms with Gasteiger partial charge in [0.05, 0.1) is 0 Å². The van der Waals surface area contributed by atoms with Gasteiger partial charge in [-0.3, -0.25) is 0 Å². The van der Waals surface area contributed by atoms with Gasteiger partial charge in [-0.05, 0) is 51.9 Å². The van der Waals surface area contributed by atoms with E-state index in [-0.39, 0.29) is 24.2 Å². The number of rotatable bonds is 4. The summed E-state index contributed by atoms with van der Waals surface area (Å²) < 4.78 is 5.49. The molecule has 1 rings (SSSR count). The summed E-state index contributed by atoms with van der Waals surface area (Å²) in [5, 5.41) is 8.87. The first-order chi connectivity index (χ1) is 8.64. The van der Waals surface area contributed by atoms with Crippen LogP contribution in [0.2, 0.25) is 0 Å². The second-order valence-electron chi connectivity index (χ2n) is 7.35. The number of aliphatic hydroxyl groups is 1. The molecule has 0 aliphatic carbocycles. The van der Waals surface area contributed by atoms with Crippen molar-refractivity contribution in [1.29, 1.82) is 0 Å². The van der Waals surface area contributed by atoms with Crippen molar-refractivity contribution < 1.29 is 14.6 Å². The van der Waals surface area contributed by atoms with E-state index in [4.69, 9.17) is 9.84 Å². The molecule has 112 valence electrons. The summed E-state index contributed by atoms with van der Waals surface area (Å²) in [6.07, 6.45) is 3.52. The number of amides is 1. The van der Waals surface area contributed by atoms with Crippen molar-refractivity contribution >= 4 is 6.09 Å². The summed E-state index contributed by atoms with van der Waals surface area (Å²) in [4.78, 5) is 14.1. The van der Waals surface area contributed by atoms with Gasteiger partial charge < -0.3 is 14.7 Å². The molecule has 1 heterocycles. The van der Waals surface area contributed by atoms with Gasteiger partial charge in [0.25, 0.3) is 0 Å². The number of likely N-dealkylation sites (tertiary alicyclic amines) is 1. The summed E-state index contributed by atoms with van der Waals surface area (Å²) in [7, 11) is 0. The van der Waals surface area contributed by atoms with Crippen molar-refractivity contribution in [1.82, 2.24) is 4.90 Å². The highest BCUT2D eigenvalue weighted by molar-refractivity contribution is 5.69. The van der Waals surface area contributed by atoms with Gasteiger partial charge in [-0.15, -0.1) is 0 Å². The molecule has 4 heteroatoms. The van der Waals surface area contributed by atoms with E-state index < -0.39 is 5.60 Å². The molecule has 0 saturated carbocycles. The Hall–Kier alpha value is -0.770. The fraction of sp³-hybridized carbons (Fsp3) is 0.933. The Morgan fingerprint density at radius 1 is 1.37 bits per heavy atom. The number of hydrogen-bond donors (Lipinski definition) is 1. The Bertz CT molecular complexity index is 307. The molecule has 0 bridgehead atoms. The molecule has 0 aromatic rings. The van der Waals surface area contributed by atoms with Crippen LogP contribution in [0.3, 0.4) is 0 Å². The average molecular weight is 271 g/mol. The van der Waals surface area contributed by atoms with Gasteiger partial charge in [-0.1, -0.05) is 13.8 Å². The van der Waals surface area contributed by atoms with E-state index >= 15 is 0 Å². The maximum absolute atomic E-state index is 12.2. The predicted octanol–water partition coefficient (Wildman–Crippen LogP) is 3.18. The van der Waals surface area contributed by atoms with Gasteiger partial charge in [-0.25, -0.2) is 4.79 Å². The van der Waals surface area contributed by atoms with Crippen molar-refractivity contribution in [2.75, 3.05) is 13.2 Å². The van der Waals surface area contributed by atoms with E-state index in [1.54, 1.807) is 0 Å². The first-order valence-corrected chi connectivity index (χ1v) is 7.25. The highest BCUT2D eigenvalue weighted by atomic mass is 16.6. The molecule has 0 radical (unpaired) electrons. The molecule has 1 amide bonds. The molecule has 19 heavy (non-hydrogen) atoms. The molecule has 1 aliphatic heterocycles. The van der Waals surface area contributed by atoms with E-state index in [9.17, 15) is 4.79 Å². The minimum Gasteiger partial charge on any atom is -0.444 e. The van der Waals surface area contributed by atoms with E-state index in [1.807, 2.05) is 25.7 Å². The van der Waals surface area contributed by atoms with E-state index in [0.29, 0.717) is 0 Å². The van der Waals surface area contributed by atoms with Crippen LogP contribution < -0.4 is 0 Å². The molecule has 1 saturated heterocycles. The van der Waals surface area contributed by atoms with E-state index in [2.05, 4.69) is 13.8 Å². The van der Waals surface area contributed by atoms with Gasteiger partial charge in [0.2, 0.25) is 0 Å². The largest absolute Gasteiger partial charge is 0.444 e. The van der Waals surface area contributed by atoms with E-state index in [1.165, 1.54) is 0 Å². The Balaban J connectivity index is 2.63. The molecule has 0 aromatic carbocycles. The minimum absolute atomic E-state index is 0.154. The molecule has 0 unspecified atom stereocenters. The maximum atomic E-state index is 12.2. The number of hydrogen-bond acceptors (Lipinski definition) is 3. The lowest BCUT2D eigenvalue weighted by Crippen LogP contribution is -2.40. The lowest BCUT2D eigenvalue weighted by Gasteiger charge is -2.28. The molecule has 1 aliphatic rings. The molecule has 1 atom stereocenters. The smallest absolute Gasteiger partial charge is 0.410 e. The second-order valence-corrected chi connectivity index (χ2v) is 7.35. The van der Waals surface area contributed by atoms with Gasteiger partial charge in [-0.2, -0.15) is 0 Å². The number of aliphatic hydroxyl groups excluding tert-OH is 1. The van der Waals surface area contributed by atoms with Crippen LogP contribution >= 0.6 is 0 Å². The summed E-state index contributed by atoms with van der Waals surface area (Å²) in [6, 6.07) is 0.247. The zero-order chi connectivity index (χ0) is 14.7. The van der Waals surface area contributed by atoms with Crippen molar-refractivity contribution in [3.8, 4) is 0 Å². The fourth-order valence-electron chi connectivity index (χ4n) is 2.69. The van der Waals surface area contributed by atoms with Crippen molar-refractivity contribution in [2.45, 2.75) is 71.9 Å². The first kappa shape index (κ1) is 16.3. The molecule has 1 fully saturated rings. The zero-order valence-electron chi connectivity index (χ0n) is 13.0. The number of unbranched alkanes of at least 4 members (excludes halogenated alkanes) is 1. The fourth-order valence-corrected chi connectivity index (χ4v) is 2.69. The topological polar surface area (TPSA) is 49.8 Å². The molecule has 0 spiro atoms. The lowest BCUT2D eigenvalue weighted by atomic mass is 9.89. The standard InChI is InChI=1S/C15H29NO3/c1-14(2,3)19-13(18)16-11-15(4,5)10-12(16)8-6-7-9-17/h12,17H,6-11H2,1-5H3/t12-/m0/s1. The minimum atomic E-state index is -0.445. The first-order valence-electron chi connectivity index (χ1n) is 7.25. The predicted molar refractivity (Wildman–Crippen MR) is 76.1 cm³/mol.